The highest BCUT2D eigenvalue weighted by Gasteiger charge is 2.19. The van der Waals surface area contributed by atoms with Gasteiger partial charge in [-0.1, -0.05) is 20.3 Å². The highest BCUT2D eigenvalue weighted by molar-refractivity contribution is 5.91. The summed E-state index contributed by atoms with van der Waals surface area (Å²) in [5.74, 6) is 0.950. The first kappa shape index (κ1) is 17.1. The maximum absolute atomic E-state index is 12.3. The molecule has 1 atom stereocenters. The number of hydrogen-bond acceptors (Lipinski definition) is 5. The summed E-state index contributed by atoms with van der Waals surface area (Å²) in [6.45, 7) is 4.07. The molecule has 0 aromatic heterocycles. The smallest absolute Gasteiger partial charge is 0.338 e. The van der Waals surface area contributed by atoms with Crippen LogP contribution in [0.15, 0.2) is 12.1 Å². The molecule has 5 heteroatoms. The molecular formula is C16H24O5. The standard InChI is InChI=1S/C16H24O5/c1-6-8-12(7-2)21-16(17)11-9-13(18-3)15(20-5)14(10-11)19-4/h9-10,12H,6-8H2,1-5H3. The third kappa shape index (κ3) is 4.28. The second-order valence-electron chi connectivity index (χ2n) is 4.64. The van der Waals surface area contributed by atoms with Gasteiger partial charge in [0.15, 0.2) is 11.5 Å². The number of carbonyl (C=O) groups is 1. The van der Waals surface area contributed by atoms with Gasteiger partial charge in [0.1, 0.15) is 6.10 Å². The van der Waals surface area contributed by atoms with Crippen molar-refractivity contribution in [3.8, 4) is 17.2 Å². The fraction of sp³-hybridized carbons (Fsp3) is 0.562. The first-order valence-corrected chi connectivity index (χ1v) is 7.12. The van der Waals surface area contributed by atoms with E-state index in [1.807, 2.05) is 6.92 Å². The molecule has 0 spiro atoms. The lowest BCUT2D eigenvalue weighted by atomic mass is 10.1. The Bertz CT molecular complexity index is 445. The average Bonchev–Trinajstić information content (AvgIpc) is 2.52. The molecule has 1 unspecified atom stereocenters. The van der Waals surface area contributed by atoms with Crippen molar-refractivity contribution >= 4 is 5.97 Å². The molecule has 118 valence electrons. The van der Waals surface area contributed by atoms with E-state index >= 15 is 0 Å². The number of rotatable bonds is 8. The molecule has 0 fully saturated rings. The van der Waals surface area contributed by atoms with Gasteiger partial charge in [0.2, 0.25) is 5.75 Å². The zero-order valence-corrected chi connectivity index (χ0v) is 13.4. The Morgan fingerprint density at radius 3 is 2.00 bits per heavy atom. The normalized spacial score (nSPS) is 11.7. The minimum absolute atomic E-state index is 0.0680. The Hall–Kier alpha value is -1.91. The highest BCUT2D eigenvalue weighted by Crippen LogP contribution is 2.38. The van der Waals surface area contributed by atoms with E-state index in [2.05, 4.69) is 6.92 Å². The topological polar surface area (TPSA) is 54.0 Å². The third-order valence-electron chi connectivity index (χ3n) is 3.24. The van der Waals surface area contributed by atoms with Gasteiger partial charge in [-0.25, -0.2) is 4.79 Å². The minimum Gasteiger partial charge on any atom is -0.493 e. The molecule has 0 saturated carbocycles. The molecule has 0 radical (unpaired) electrons. The van der Waals surface area contributed by atoms with Crippen molar-refractivity contribution in [3.63, 3.8) is 0 Å². The number of carbonyl (C=O) groups excluding carboxylic acids is 1. The monoisotopic (exact) mass is 296 g/mol. The second-order valence-corrected chi connectivity index (χ2v) is 4.64. The van der Waals surface area contributed by atoms with Crippen LogP contribution in [-0.4, -0.2) is 33.4 Å². The van der Waals surface area contributed by atoms with Crippen LogP contribution < -0.4 is 14.2 Å². The third-order valence-corrected chi connectivity index (χ3v) is 3.24. The fourth-order valence-corrected chi connectivity index (χ4v) is 2.09. The lowest BCUT2D eigenvalue weighted by Crippen LogP contribution is -2.17. The Kier molecular flexibility index (Phi) is 6.85. The summed E-state index contributed by atoms with van der Waals surface area (Å²) in [4.78, 5) is 12.3. The van der Waals surface area contributed by atoms with Crippen LogP contribution in [-0.2, 0) is 4.74 Å². The molecule has 0 aliphatic heterocycles. The molecule has 0 aliphatic carbocycles. The first-order chi connectivity index (χ1) is 10.1. The molecule has 0 amide bonds. The van der Waals surface area contributed by atoms with E-state index in [0.717, 1.165) is 19.3 Å². The van der Waals surface area contributed by atoms with Crippen LogP contribution >= 0.6 is 0 Å². The van der Waals surface area contributed by atoms with E-state index in [9.17, 15) is 4.79 Å². The molecule has 0 bridgehead atoms. The molecular weight excluding hydrogens is 272 g/mol. The van der Waals surface area contributed by atoms with E-state index in [-0.39, 0.29) is 12.1 Å². The van der Waals surface area contributed by atoms with Crippen LogP contribution in [0.2, 0.25) is 0 Å². The van der Waals surface area contributed by atoms with E-state index in [4.69, 9.17) is 18.9 Å². The molecule has 0 N–H and O–H groups in total. The van der Waals surface area contributed by atoms with E-state index in [1.165, 1.54) is 21.3 Å². The summed E-state index contributed by atoms with van der Waals surface area (Å²) >= 11 is 0. The van der Waals surface area contributed by atoms with Crippen molar-refractivity contribution < 1.29 is 23.7 Å². The predicted octanol–water partition coefficient (Wildman–Crippen LogP) is 3.45. The molecule has 0 aliphatic rings. The zero-order chi connectivity index (χ0) is 15.8. The molecule has 0 heterocycles. The summed E-state index contributed by atoms with van der Waals surface area (Å²) in [6.07, 6.45) is 2.55. The number of benzene rings is 1. The highest BCUT2D eigenvalue weighted by atomic mass is 16.5. The SMILES string of the molecule is CCCC(CC)OC(=O)c1cc(OC)c(OC)c(OC)c1. The van der Waals surface area contributed by atoms with E-state index in [0.29, 0.717) is 22.8 Å². The summed E-state index contributed by atoms with van der Waals surface area (Å²) in [5, 5.41) is 0. The molecule has 1 aromatic carbocycles. The van der Waals surface area contributed by atoms with E-state index in [1.54, 1.807) is 12.1 Å². The van der Waals surface area contributed by atoms with Crippen LogP contribution in [0.25, 0.3) is 0 Å². The summed E-state index contributed by atoms with van der Waals surface area (Å²) in [5.41, 5.74) is 0.388. The van der Waals surface area contributed by atoms with Crippen LogP contribution in [0.1, 0.15) is 43.5 Å². The number of esters is 1. The van der Waals surface area contributed by atoms with Crippen molar-refractivity contribution in [2.24, 2.45) is 0 Å². The maximum atomic E-state index is 12.3. The quantitative estimate of drug-likeness (QED) is 0.688. The lowest BCUT2D eigenvalue weighted by Gasteiger charge is -2.17. The summed E-state index contributed by atoms with van der Waals surface area (Å²) < 4.78 is 21.2. The minimum atomic E-state index is -0.380. The largest absolute Gasteiger partial charge is 0.493 e. The predicted molar refractivity (Wildman–Crippen MR) is 80.5 cm³/mol. The van der Waals surface area contributed by atoms with Gasteiger partial charge >= 0.3 is 5.97 Å². The van der Waals surface area contributed by atoms with Gasteiger partial charge in [-0.3, -0.25) is 0 Å². The van der Waals surface area contributed by atoms with Gasteiger partial charge in [-0.05, 0) is 25.0 Å². The Morgan fingerprint density at radius 1 is 1.05 bits per heavy atom. The fourth-order valence-electron chi connectivity index (χ4n) is 2.09. The Morgan fingerprint density at radius 2 is 1.62 bits per heavy atom. The summed E-state index contributed by atoms with van der Waals surface area (Å²) in [7, 11) is 4.55. The lowest BCUT2D eigenvalue weighted by molar-refractivity contribution is 0.0271. The maximum Gasteiger partial charge on any atom is 0.338 e. The van der Waals surface area contributed by atoms with Crippen molar-refractivity contribution in [1.82, 2.24) is 0 Å². The van der Waals surface area contributed by atoms with Crippen LogP contribution in [0.4, 0.5) is 0 Å². The van der Waals surface area contributed by atoms with Crippen molar-refractivity contribution in [1.29, 1.82) is 0 Å². The van der Waals surface area contributed by atoms with Crippen molar-refractivity contribution in [2.45, 2.75) is 39.2 Å². The molecule has 1 rings (SSSR count). The van der Waals surface area contributed by atoms with Gasteiger partial charge in [0.25, 0.3) is 0 Å². The van der Waals surface area contributed by atoms with Gasteiger partial charge in [0, 0.05) is 0 Å². The van der Waals surface area contributed by atoms with Crippen molar-refractivity contribution in [3.05, 3.63) is 17.7 Å². The van der Waals surface area contributed by atoms with Gasteiger partial charge in [-0.15, -0.1) is 0 Å². The molecule has 1 aromatic rings. The van der Waals surface area contributed by atoms with Gasteiger partial charge < -0.3 is 18.9 Å². The number of ether oxygens (including phenoxy) is 4. The van der Waals surface area contributed by atoms with Crippen LogP contribution in [0.3, 0.4) is 0 Å². The Labute approximate surface area is 126 Å². The molecule has 21 heavy (non-hydrogen) atoms. The van der Waals surface area contributed by atoms with Crippen molar-refractivity contribution in [2.75, 3.05) is 21.3 Å². The van der Waals surface area contributed by atoms with Crippen LogP contribution in [0.5, 0.6) is 17.2 Å². The van der Waals surface area contributed by atoms with E-state index < -0.39 is 0 Å². The number of methoxy groups -OCH3 is 3. The van der Waals surface area contributed by atoms with Gasteiger partial charge in [0.05, 0.1) is 26.9 Å². The molecule has 0 saturated heterocycles. The van der Waals surface area contributed by atoms with Gasteiger partial charge in [-0.2, -0.15) is 0 Å². The zero-order valence-electron chi connectivity index (χ0n) is 13.4. The Balaban J connectivity index is 3.04. The molecule has 5 nitrogen and oxygen atoms in total. The van der Waals surface area contributed by atoms with Crippen LogP contribution in [0, 0.1) is 0 Å². The number of hydrogen-bond donors (Lipinski definition) is 0. The second kappa shape index (κ2) is 8.39. The average molecular weight is 296 g/mol. The summed E-state index contributed by atoms with van der Waals surface area (Å²) in [6, 6.07) is 3.20. The first-order valence-electron chi connectivity index (χ1n) is 7.12.